The van der Waals surface area contributed by atoms with Gasteiger partial charge >= 0.3 is 74.1 Å². The minimum Gasteiger partial charge on any atom is -0.479 e. The molecule has 4 fully saturated rings. The lowest BCUT2D eigenvalue weighted by molar-refractivity contribution is -0.369. The zero-order valence-corrected chi connectivity index (χ0v) is 40.7. The van der Waals surface area contributed by atoms with Crippen LogP contribution in [0, 0.1) is 0 Å². The van der Waals surface area contributed by atoms with E-state index in [9.17, 15) is 118 Å². The molecule has 4 unspecified atom stereocenters. The topological polar surface area (TPSA) is 626 Å². The number of hydrogen-bond donors (Lipinski definition) is 14. The molecule has 0 spiro atoms. The third-order valence-corrected chi connectivity index (χ3v) is 13.0. The summed E-state index contributed by atoms with van der Waals surface area (Å²) in [4.78, 5) is 24.8. The molecular formula is C26H44N2O39S6. The Morgan fingerprint density at radius 3 is 1.32 bits per heavy atom. The fraction of sp³-hybridized carbons (Fsp3) is 0.923. The first-order chi connectivity index (χ1) is 33.1. The molecule has 428 valence electrons. The second-order valence-electron chi connectivity index (χ2n) is 15.0. The van der Waals surface area contributed by atoms with Gasteiger partial charge in [0.2, 0.25) is 0 Å². The lowest BCUT2D eigenvalue weighted by Gasteiger charge is -2.49. The Balaban J connectivity index is 1.78. The van der Waals surface area contributed by atoms with Crippen molar-refractivity contribution in [1.82, 2.24) is 9.44 Å². The average molecular weight is 1200 g/mol. The first kappa shape index (κ1) is 63.2. The van der Waals surface area contributed by atoms with Gasteiger partial charge in [0.15, 0.2) is 43.5 Å². The molecule has 73 heavy (non-hydrogen) atoms. The van der Waals surface area contributed by atoms with Gasteiger partial charge in [-0.3, -0.25) is 27.3 Å². The van der Waals surface area contributed by atoms with E-state index in [1.165, 1.54) is 9.44 Å². The molecule has 41 nitrogen and oxygen atoms in total. The highest BCUT2D eigenvalue weighted by molar-refractivity contribution is 7.84. The lowest BCUT2D eigenvalue weighted by atomic mass is 9.94. The van der Waals surface area contributed by atoms with E-state index in [2.05, 4.69) is 16.7 Å². The molecule has 0 aromatic heterocycles. The molecule has 0 radical (unpaired) electrons. The van der Waals surface area contributed by atoms with Crippen LogP contribution in [-0.4, -0.2) is 271 Å². The SMILES string of the molecule is CO[C@@H]1OC(COS(=O)(=O)O)[C@H](O[C@@H]2OC(C(=O)O)[C@H](O[C@@H]3OC(COS(=O)(=O)O)[C@H](O[C@@H]4OC(C(=O)O)[C@H](OC)[C@H](O)[C@H]4OS(=O)(=O)O)[C@H](O)[C@H]3NS(=O)(=O)O)[C@H](O)[C@H]2O)[C@H](OS(=O)(=O)O)[C@H]1NS(=O)(=O)O. The fourth-order valence-electron chi connectivity index (χ4n) is 7.30. The first-order valence-electron chi connectivity index (χ1n) is 19.0. The van der Waals surface area contributed by atoms with Crippen molar-refractivity contribution >= 4 is 74.1 Å². The maximum atomic E-state index is 12.7. The van der Waals surface area contributed by atoms with Crippen LogP contribution in [0.5, 0.6) is 0 Å². The van der Waals surface area contributed by atoms with Gasteiger partial charge in [0.1, 0.15) is 79.2 Å². The van der Waals surface area contributed by atoms with Crippen LogP contribution in [0.2, 0.25) is 0 Å². The van der Waals surface area contributed by atoms with E-state index in [1.54, 1.807) is 0 Å². The van der Waals surface area contributed by atoms with Crippen LogP contribution >= 0.6 is 0 Å². The molecule has 4 aliphatic rings. The van der Waals surface area contributed by atoms with Gasteiger partial charge in [0.05, 0.1) is 13.2 Å². The summed E-state index contributed by atoms with van der Waals surface area (Å²) < 4.78 is 266. The Morgan fingerprint density at radius 2 is 0.863 bits per heavy atom. The highest BCUT2D eigenvalue weighted by Crippen LogP contribution is 2.37. The highest BCUT2D eigenvalue weighted by atomic mass is 32.3. The Labute approximate surface area is 409 Å². The van der Waals surface area contributed by atoms with Crippen molar-refractivity contribution in [3.63, 3.8) is 0 Å². The number of carboxylic acids is 2. The van der Waals surface area contributed by atoms with E-state index in [4.69, 9.17) is 42.6 Å². The summed E-state index contributed by atoms with van der Waals surface area (Å²) in [5, 5.41) is 65.0. The van der Waals surface area contributed by atoms with Gasteiger partial charge in [-0.15, -0.1) is 0 Å². The Bertz CT molecular complexity index is 2620. The van der Waals surface area contributed by atoms with Crippen molar-refractivity contribution in [3.05, 3.63) is 0 Å². The molecule has 0 bridgehead atoms. The predicted octanol–water partition coefficient (Wildman–Crippen LogP) is -10.1. The maximum Gasteiger partial charge on any atom is 0.397 e. The average Bonchev–Trinajstić information content (AvgIpc) is 3.21. The standard InChI is InChI=1S/C26H44N2O39S6/c1-55-16-12(32)18(67-73(52,53)54)26(65-19(16)21(33)34)61-13-5(3-57-70(43,44)45)60-24(7(9(13)29)27-68(37,38)39)63-17-10(30)11(31)25(64-20(17)22(35)36)62-14-6(4-58-71(46,47)48)59-23(56-2)8(28-69(40,41)42)15(14)66-72(49,50)51/h5-20,23-32H,3-4H2,1-2H3,(H,33,34)(H,35,36)(H,37,38,39)(H,40,41,42)(H,43,44,45)(H,46,47,48)(H,49,50,51)(H,52,53,54)/t5?,6?,7-,8-,9-,10-,11-,12+,13+,14+,15-,16-,17-,18-,19?,20?,23-,24+,25-,26-/m1/s1. The summed E-state index contributed by atoms with van der Waals surface area (Å²) >= 11 is 0. The molecule has 0 aromatic carbocycles. The second kappa shape index (κ2) is 24.1. The van der Waals surface area contributed by atoms with Crippen LogP contribution in [0.4, 0.5) is 0 Å². The zero-order valence-electron chi connectivity index (χ0n) is 35.8. The van der Waals surface area contributed by atoms with Gasteiger partial charge in [0.25, 0.3) is 0 Å². The fourth-order valence-corrected chi connectivity index (χ4v) is 10.1. The van der Waals surface area contributed by atoms with Crippen LogP contribution in [0.15, 0.2) is 0 Å². The highest BCUT2D eigenvalue weighted by Gasteiger charge is 2.59. The molecule has 0 aliphatic carbocycles. The van der Waals surface area contributed by atoms with Crippen LogP contribution < -0.4 is 9.44 Å². The monoisotopic (exact) mass is 1200 g/mol. The van der Waals surface area contributed by atoms with Crippen LogP contribution in [0.25, 0.3) is 0 Å². The van der Waals surface area contributed by atoms with Gasteiger partial charge in [-0.2, -0.15) is 60.0 Å². The Kier molecular flexibility index (Phi) is 20.9. The van der Waals surface area contributed by atoms with E-state index in [-0.39, 0.29) is 0 Å². The summed E-state index contributed by atoms with van der Waals surface area (Å²) in [6.07, 6.45) is -47.4. The molecule has 14 N–H and O–H groups in total. The number of methoxy groups -OCH3 is 2. The van der Waals surface area contributed by atoms with Gasteiger partial charge in [0, 0.05) is 14.2 Å². The third-order valence-electron chi connectivity index (χ3n) is 10.0. The van der Waals surface area contributed by atoms with Crippen molar-refractivity contribution in [2.24, 2.45) is 0 Å². The molecule has 47 heteroatoms. The minimum atomic E-state index is -5.87. The van der Waals surface area contributed by atoms with E-state index < -0.39 is 210 Å². The first-order valence-corrected chi connectivity index (χ1v) is 27.3. The molecule has 4 rings (SSSR count). The minimum absolute atomic E-state index is 0.724. The van der Waals surface area contributed by atoms with E-state index in [0.29, 0.717) is 0 Å². The van der Waals surface area contributed by atoms with Gasteiger partial charge in [-0.25, -0.2) is 26.3 Å². The number of rotatable bonds is 24. The molecule has 4 heterocycles. The molecular weight excluding hydrogens is 1160 g/mol. The number of aliphatic hydroxyl groups is 4. The number of carbonyl (C=O) groups is 2. The Hall–Kier alpha value is -2.36. The van der Waals surface area contributed by atoms with E-state index >= 15 is 0 Å². The predicted molar refractivity (Wildman–Crippen MR) is 211 cm³/mol. The van der Waals surface area contributed by atoms with E-state index in [1.807, 2.05) is 0 Å². The number of aliphatic carboxylic acids is 2. The van der Waals surface area contributed by atoms with Crippen molar-refractivity contribution in [2.45, 2.75) is 123 Å². The van der Waals surface area contributed by atoms with Gasteiger partial charge in [-0.05, 0) is 0 Å². The van der Waals surface area contributed by atoms with Crippen molar-refractivity contribution in [2.75, 3.05) is 27.4 Å². The third kappa shape index (κ3) is 17.8. The molecule has 4 aliphatic heterocycles. The van der Waals surface area contributed by atoms with Gasteiger partial charge in [-0.1, -0.05) is 0 Å². The second-order valence-corrected chi connectivity index (χ2v) is 21.6. The number of ether oxygens (including phenoxy) is 9. The number of nitrogens with one attached hydrogen (secondary N) is 2. The molecule has 20 atom stereocenters. The van der Waals surface area contributed by atoms with Crippen LogP contribution in [0.1, 0.15) is 0 Å². The van der Waals surface area contributed by atoms with Crippen molar-refractivity contribution in [3.8, 4) is 0 Å². The van der Waals surface area contributed by atoms with E-state index in [0.717, 1.165) is 14.2 Å². The lowest BCUT2D eigenvalue weighted by Crippen LogP contribution is -2.70. The quantitative estimate of drug-likeness (QED) is 0.0399. The van der Waals surface area contributed by atoms with Crippen LogP contribution in [-0.2, 0) is 131 Å². The summed E-state index contributed by atoms with van der Waals surface area (Å²) in [6.45, 7) is -3.22. The van der Waals surface area contributed by atoms with Crippen molar-refractivity contribution in [1.29, 1.82) is 0 Å². The van der Waals surface area contributed by atoms with Gasteiger partial charge < -0.3 is 73.3 Å². The normalized spacial score (nSPS) is 38.4. The summed E-state index contributed by atoms with van der Waals surface area (Å²) in [5.74, 6) is -4.30. The molecule has 0 amide bonds. The summed E-state index contributed by atoms with van der Waals surface area (Å²) in [5.41, 5.74) is 0. The Morgan fingerprint density at radius 1 is 0.438 bits per heavy atom. The number of aliphatic hydroxyl groups excluding tert-OH is 4. The number of carboxylic acid groups (broad SMARTS) is 2. The number of hydrogen-bond acceptors (Lipinski definition) is 31. The van der Waals surface area contributed by atoms with Crippen LogP contribution in [0.3, 0.4) is 0 Å². The zero-order chi connectivity index (χ0) is 55.7. The smallest absolute Gasteiger partial charge is 0.397 e. The maximum absolute atomic E-state index is 12.7. The van der Waals surface area contributed by atoms with Crippen molar-refractivity contribution < 1.29 is 177 Å². The molecule has 0 aromatic rings. The summed E-state index contributed by atoms with van der Waals surface area (Å²) in [7, 11) is -32.5. The summed E-state index contributed by atoms with van der Waals surface area (Å²) in [6, 6.07) is -5.20. The molecule has 0 saturated carbocycles. The largest absolute Gasteiger partial charge is 0.479 e. The molecule has 4 saturated heterocycles.